The van der Waals surface area contributed by atoms with Crippen molar-refractivity contribution in [3.8, 4) is 11.5 Å². The fourth-order valence-electron chi connectivity index (χ4n) is 2.67. The molecule has 0 aliphatic carbocycles. The molecule has 5 heteroatoms. The van der Waals surface area contributed by atoms with Crippen LogP contribution in [0.3, 0.4) is 0 Å². The molecule has 0 unspecified atom stereocenters. The van der Waals surface area contributed by atoms with E-state index in [1.807, 2.05) is 12.1 Å². The Kier molecular flexibility index (Phi) is 5.31. The summed E-state index contributed by atoms with van der Waals surface area (Å²) >= 11 is 0. The van der Waals surface area contributed by atoms with Crippen molar-refractivity contribution in [2.45, 2.75) is 19.3 Å². The number of amides is 1. The van der Waals surface area contributed by atoms with Gasteiger partial charge in [-0.1, -0.05) is 18.2 Å². The van der Waals surface area contributed by atoms with Crippen molar-refractivity contribution in [1.29, 1.82) is 0 Å². The molecular weight excluding hydrogens is 309 g/mol. The molecule has 0 spiro atoms. The molecular formula is C19H20FNO3. The van der Waals surface area contributed by atoms with Gasteiger partial charge in [0.2, 0.25) is 0 Å². The number of ether oxygens (including phenoxy) is 2. The molecule has 2 aromatic carbocycles. The van der Waals surface area contributed by atoms with Gasteiger partial charge in [0.05, 0.1) is 6.61 Å². The maximum Gasteiger partial charge on any atom is 0.257 e. The molecule has 1 aliphatic rings. The third-order valence-corrected chi connectivity index (χ3v) is 3.87. The van der Waals surface area contributed by atoms with Gasteiger partial charge in [0.1, 0.15) is 17.3 Å². The van der Waals surface area contributed by atoms with Crippen LogP contribution >= 0.6 is 0 Å². The van der Waals surface area contributed by atoms with Crippen LogP contribution in [0.2, 0.25) is 0 Å². The molecule has 1 N–H and O–H groups in total. The van der Waals surface area contributed by atoms with E-state index in [1.54, 1.807) is 12.1 Å². The first kappa shape index (κ1) is 16.3. The molecule has 1 amide bonds. The van der Waals surface area contributed by atoms with Crippen molar-refractivity contribution >= 4 is 5.91 Å². The first-order valence-corrected chi connectivity index (χ1v) is 8.10. The number of hydrogen-bond acceptors (Lipinski definition) is 3. The van der Waals surface area contributed by atoms with Gasteiger partial charge in [-0.2, -0.15) is 0 Å². The van der Waals surface area contributed by atoms with Crippen molar-refractivity contribution in [3.63, 3.8) is 0 Å². The van der Waals surface area contributed by atoms with Crippen molar-refractivity contribution in [2.24, 2.45) is 0 Å². The summed E-state index contributed by atoms with van der Waals surface area (Å²) in [5.41, 5.74) is 2.41. The molecule has 24 heavy (non-hydrogen) atoms. The van der Waals surface area contributed by atoms with Crippen LogP contribution < -0.4 is 14.8 Å². The fourth-order valence-corrected chi connectivity index (χ4v) is 2.67. The third kappa shape index (κ3) is 4.47. The van der Waals surface area contributed by atoms with Crippen LogP contribution in [0.1, 0.15) is 17.5 Å². The zero-order chi connectivity index (χ0) is 16.8. The summed E-state index contributed by atoms with van der Waals surface area (Å²) in [5.74, 6) is 0.710. The number of fused-ring (bicyclic) bond motifs is 1. The minimum Gasteiger partial charge on any atom is -0.493 e. The summed E-state index contributed by atoms with van der Waals surface area (Å²) in [7, 11) is 0. The molecule has 2 aromatic rings. The highest BCUT2D eigenvalue weighted by atomic mass is 19.1. The highest BCUT2D eigenvalue weighted by molar-refractivity contribution is 5.77. The molecule has 0 saturated carbocycles. The maximum atomic E-state index is 13.0. The Morgan fingerprint density at radius 3 is 3.04 bits per heavy atom. The van der Waals surface area contributed by atoms with Crippen LogP contribution in [0.4, 0.5) is 4.39 Å². The summed E-state index contributed by atoms with van der Waals surface area (Å²) in [6, 6.07) is 11.9. The van der Waals surface area contributed by atoms with Crippen LogP contribution in [-0.2, 0) is 17.6 Å². The van der Waals surface area contributed by atoms with E-state index in [2.05, 4.69) is 11.4 Å². The van der Waals surface area contributed by atoms with Gasteiger partial charge in [-0.25, -0.2) is 4.39 Å². The van der Waals surface area contributed by atoms with E-state index in [0.29, 0.717) is 12.3 Å². The molecule has 0 fully saturated rings. The molecule has 1 heterocycles. The Balaban J connectivity index is 1.42. The number of rotatable bonds is 6. The van der Waals surface area contributed by atoms with E-state index >= 15 is 0 Å². The Labute approximate surface area is 140 Å². The van der Waals surface area contributed by atoms with Crippen LogP contribution in [0.25, 0.3) is 0 Å². The van der Waals surface area contributed by atoms with E-state index in [-0.39, 0.29) is 18.3 Å². The van der Waals surface area contributed by atoms with Gasteiger partial charge in [0, 0.05) is 12.6 Å². The number of hydrogen-bond donors (Lipinski definition) is 1. The average Bonchev–Trinajstić information content (AvgIpc) is 2.60. The van der Waals surface area contributed by atoms with Gasteiger partial charge < -0.3 is 14.8 Å². The number of carbonyl (C=O) groups excluding carboxylic acids is 1. The highest BCUT2D eigenvalue weighted by Gasteiger charge is 2.10. The largest absolute Gasteiger partial charge is 0.493 e. The lowest BCUT2D eigenvalue weighted by Crippen LogP contribution is -2.30. The van der Waals surface area contributed by atoms with Crippen LogP contribution in [-0.4, -0.2) is 25.7 Å². The van der Waals surface area contributed by atoms with Crippen molar-refractivity contribution in [3.05, 3.63) is 59.4 Å². The van der Waals surface area contributed by atoms with Crippen molar-refractivity contribution < 1.29 is 18.7 Å². The second-order valence-corrected chi connectivity index (χ2v) is 5.74. The number of aryl methyl sites for hydroxylation is 1. The van der Waals surface area contributed by atoms with Gasteiger partial charge >= 0.3 is 0 Å². The van der Waals surface area contributed by atoms with Crippen LogP contribution in [0, 0.1) is 5.82 Å². The van der Waals surface area contributed by atoms with Gasteiger partial charge in [-0.05, 0) is 48.6 Å². The van der Waals surface area contributed by atoms with E-state index in [1.165, 1.54) is 23.3 Å². The lowest BCUT2D eigenvalue weighted by atomic mass is 10.0. The molecule has 0 saturated heterocycles. The molecule has 3 rings (SSSR count). The minimum absolute atomic E-state index is 0.124. The number of halogens is 1. The van der Waals surface area contributed by atoms with Gasteiger partial charge in [0.15, 0.2) is 6.61 Å². The maximum absolute atomic E-state index is 13.0. The Morgan fingerprint density at radius 2 is 2.17 bits per heavy atom. The van der Waals surface area contributed by atoms with Crippen LogP contribution in [0.15, 0.2) is 42.5 Å². The predicted molar refractivity (Wildman–Crippen MR) is 88.9 cm³/mol. The highest BCUT2D eigenvalue weighted by Crippen LogP contribution is 2.25. The molecule has 0 radical (unpaired) electrons. The molecule has 0 bridgehead atoms. The summed E-state index contributed by atoms with van der Waals surface area (Å²) in [5, 5.41) is 2.81. The number of carbonyl (C=O) groups is 1. The first-order chi connectivity index (χ1) is 11.7. The first-order valence-electron chi connectivity index (χ1n) is 8.10. The number of nitrogens with one attached hydrogen (secondary N) is 1. The van der Waals surface area contributed by atoms with Crippen LogP contribution in [0.5, 0.6) is 11.5 Å². The van der Waals surface area contributed by atoms with Crippen molar-refractivity contribution in [1.82, 2.24) is 5.32 Å². The lowest BCUT2D eigenvalue weighted by Gasteiger charge is -2.18. The monoisotopic (exact) mass is 329 g/mol. The molecule has 126 valence electrons. The second-order valence-electron chi connectivity index (χ2n) is 5.74. The zero-order valence-corrected chi connectivity index (χ0v) is 13.4. The third-order valence-electron chi connectivity index (χ3n) is 3.87. The number of benzene rings is 2. The normalized spacial score (nSPS) is 12.9. The Morgan fingerprint density at radius 1 is 1.25 bits per heavy atom. The predicted octanol–water partition coefficient (Wildman–Crippen LogP) is 2.89. The average molecular weight is 329 g/mol. The Bertz CT molecular complexity index is 718. The van der Waals surface area contributed by atoms with Gasteiger partial charge in [0.25, 0.3) is 5.91 Å². The summed E-state index contributed by atoms with van der Waals surface area (Å²) in [6.07, 6.45) is 2.83. The molecule has 0 atom stereocenters. The standard InChI is InChI=1S/C19H20FNO3/c20-16-4-1-5-17(12-16)24-13-19(22)21-9-8-14-6-7-18-15(11-14)3-2-10-23-18/h1,4-7,11-12H,2-3,8-10,13H2,(H,21,22). The van der Waals surface area contributed by atoms with E-state index in [0.717, 1.165) is 31.6 Å². The van der Waals surface area contributed by atoms with E-state index in [4.69, 9.17) is 9.47 Å². The summed E-state index contributed by atoms with van der Waals surface area (Å²) in [4.78, 5) is 11.8. The van der Waals surface area contributed by atoms with Gasteiger partial charge in [-0.15, -0.1) is 0 Å². The molecule has 4 nitrogen and oxygen atoms in total. The second kappa shape index (κ2) is 7.81. The topological polar surface area (TPSA) is 47.6 Å². The van der Waals surface area contributed by atoms with Crippen molar-refractivity contribution in [2.75, 3.05) is 19.8 Å². The Hall–Kier alpha value is -2.56. The lowest BCUT2D eigenvalue weighted by molar-refractivity contribution is -0.123. The smallest absolute Gasteiger partial charge is 0.257 e. The van der Waals surface area contributed by atoms with E-state index in [9.17, 15) is 9.18 Å². The summed E-state index contributed by atoms with van der Waals surface area (Å²) in [6.45, 7) is 1.19. The minimum atomic E-state index is -0.385. The fraction of sp³-hybridized carbons (Fsp3) is 0.316. The summed E-state index contributed by atoms with van der Waals surface area (Å²) < 4.78 is 23.9. The zero-order valence-electron chi connectivity index (χ0n) is 13.4. The quantitative estimate of drug-likeness (QED) is 0.886. The SMILES string of the molecule is O=C(COc1cccc(F)c1)NCCc1ccc2c(c1)CCCO2. The van der Waals surface area contributed by atoms with E-state index < -0.39 is 0 Å². The molecule has 0 aromatic heterocycles. The molecule has 1 aliphatic heterocycles. The van der Waals surface area contributed by atoms with Gasteiger partial charge in [-0.3, -0.25) is 4.79 Å².